The van der Waals surface area contributed by atoms with E-state index in [-0.39, 0.29) is 5.91 Å². The molecule has 4 aromatic rings. The van der Waals surface area contributed by atoms with Crippen LogP contribution in [0.3, 0.4) is 0 Å². The molecule has 1 amide bonds. The average molecular weight is 403 g/mol. The zero-order valence-electron chi connectivity index (χ0n) is 16.0. The van der Waals surface area contributed by atoms with E-state index in [9.17, 15) is 4.79 Å². The van der Waals surface area contributed by atoms with Crippen molar-refractivity contribution in [3.8, 4) is 0 Å². The molecule has 2 aromatic heterocycles. The fraction of sp³-hybridized carbons (Fsp3) is 0.174. The minimum absolute atomic E-state index is 0.0113. The summed E-state index contributed by atoms with van der Waals surface area (Å²) in [6, 6.07) is 24.2. The third kappa shape index (κ3) is 5.03. The van der Waals surface area contributed by atoms with Crippen LogP contribution in [0.25, 0.3) is 11.2 Å². The molecular weight excluding hydrogens is 380 g/mol. The van der Waals surface area contributed by atoms with Crippen LogP contribution in [0.1, 0.15) is 11.1 Å². The number of amides is 1. The van der Waals surface area contributed by atoms with Crippen molar-refractivity contribution in [1.29, 1.82) is 0 Å². The molecule has 0 bridgehead atoms. The predicted molar refractivity (Wildman–Crippen MR) is 117 cm³/mol. The van der Waals surface area contributed by atoms with Crippen molar-refractivity contribution in [2.75, 3.05) is 12.3 Å². The SMILES string of the molecule is O=C(CSc1nc2cccnc2n1Cc1ccccc1)NCCc1ccccc1. The van der Waals surface area contributed by atoms with Gasteiger partial charge in [0.05, 0.1) is 12.3 Å². The second kappa shape index (κ2) is 9.39. The number of rotatable bonds is 8. The summed E-state index contributed by atoms with van der Waals surface area (Å²) in [6.45, 7) is 1.30. The number of hydrogen-bond donors (Lipinski definition) is 1. The van der Waals surface area contributed by atoms with Gasteiger partial charge >= 0.3 is 0 Å². The van der Waals surface area contributed by atoms with E-state index in [1.54, 1.807) is 6.20 Å². The first-order valence-electron chi connectivity index (χ1n) is 9.58. The lowest BCUT2D eigenvalue weighted by atomic mass is 10.1. The Morgan fingerprint density at radius 3 is 2.41 bits per heavy atom. The van der Waals surface area contributed by atoms with Crippen LogP contribution >= 0.6 is 11.8 Å². The third-order valence-corrected chi connectivity index (χ3v) is 5.54. The van der Waals surface area contributed by atoms with Gasteiger partial charge in [-0.2, -0.15) is 0 Å². The lowest BCUT2D eigenvalue weighted by molar-refractivity contribution is -0.118. The van der Waals surface area contributed by atoms with E-state index in [2.05, 4.69) is 39.1 Å². The molecule has 29 heavy (non-hydrogen) atoms. The highest BCUT2D eigenvalue weighted by atomic mass is 32.2. The van der Waals surface area contributed by atoms with Crippen molar-refractivity contribution in [3.05, 3.63) is 90.1 Å². The molecule has 1 N–H and O–H groups in total. The maximum absolute atomic E-state index is 12.3. The Labute approximate surface area is 174 Å². The summed E-state index contributed by atoms with van der Waals surface area (Å²) in [4.78, 5) is 21.5. The maximum atomic E-state index is 12.3. The average Bonchev–Trinajstić information content (AvgIpc) is 3.11. The second-order valence-corrected chi connectivity index (χ2v) is 7.63. The predicted octanol–water partition coefficient (Wildman–Crippen LogP) is 3.93. The van der Waals surface area contributed by atoms with Gasteiger partial charge in [0.15, 0.2) is 10.8 Å². The maximum Gasteiger partial charge on any atom is 0.230 e. The van der Waals surface area contributed by atoms with Crippen LogP contribution < -0.4 is 5.32 Å². The number of thioether (sulfide) groups is 1. The van der Waals surface area contributed by atoms with Crippen molar-refractivity contribution in [3.63, 3.8) is 0 Å². The summed E-state index contributed by atoms with van der Waals surface area (Å²) in [5.74, 6) is 0.338. The summed E-state index contributed by atoms with van der Waals surface area (Å²) in [6.07, 6.45) is 2.60. The van der Waals surface area contributed by atoms with E-state index in [0.717, 1.165) is 22.7 Å². The van der Waals surface area contributed by atoms with Gasteiger partial charge in [-0.3, -0.25) is 9.36 Å². The van der Waals surface area contributed by atoms with E-state index in [4.69, 9.17) is 4.98 Å². The monoisotopic (exact) mass is 402 g/mol. The Morgan fingerprint density at radius 1 is 0.931 bits per heavy atom. The Kier molecular flexibility index (Phi) is 6.22. The number of nitrogens with zero attached hydrogens (tertiary/aromatic N) is 3. The lowest BCUT2D eigenvalue weighted by Gasteiger charge is -2.09. The summed E-state index contributed by atoms with van der Waals surface area (Å²) in [5.41, 5.74) is 4.07. The van der Waals surface area contributed by atoms with E-state index in [1.807, 2.05) is 48.5 Å². The van der Waals surface area contributed by atoms with Gasteiger partial charge in [-0.25, -0.2) is 9.97 Å². The number of pyridine rings is 1. The molecule has 0 saturated heterocycles. The fourth-order valence-electron chi connectivity index (χ4n) is 3.13. The van der Waals surface area contributed by atoms with Crippen molar-refractivity contribution in [2.24, 2.45) is 0 Å². The van der Waals surface area contributed by atoms with E-state index < -0.39 is 0 Å². The zero-order chi connectivity index (χ0) is 19.9. The smallest absolute Gasteiger partial charge is 0.230 e. The molecule has 4 rings (SSSR count). The number of carbonyl (C=O) groups excluding carboxylic acids is 1. The molecular formula is C23H22N4OS. The highest BCUT2D eigenvalue weighted by Gasteiger charge is 2.14. The second-order valence-electron chi connectivity index (χ2n) is 6.69. The molecule has 2 heterocycles. The number of aromatic nitrogens is 3. The number of benzene rings is 2. The number of imidazole rings is 1. The van der Waals surface area contributed by atoms with Crippen LogP contribution in [0.2, 0.25) is 0 Å². The van der Waals surface area contributed by atoms with Crippen LogP contribution in [0.5, 0.6) is 0 Å². The van der Waals surface area contributed by atoms with Crippen LogP contribution in [-0.2, 0) is 17.8 Å². The molecule has 0 atom stereocenters. The molecule has 5 nitrogen and oxygen atoms in total. The van der Waals surface area contributed by atoms with Crippen molar-refractivity contribution in [1.82, 2.24) is 19.9 Å². The first-order valence-corrected chi connectivity index (χ1v) is 10.6. The van der Waals surface area contributed by atoms with Crippen molar-refractivity contribution in [2.45, 2.75) is 18.1 Å². The zero-order valence-corrected chi connectivity index (χ0v) is 16.8. The highest BCUT2D eigenvalue weighted by Crippen LogP contribution is 2.23. The number of fused-ring (bicyclic) bond motifs is 1. The Balaban J connectivity index is 1.40. The normalized spacial score (nSPS) is 10.9. The van der Waals surface area contributed by atoms with Gasteiger partial charge in [0.2, 0.25) is 5.91 Å². The molecule has 0 spiro atoms. The van der Waals surface area contributed by atoms with Crippen LogP contribution in [-0.4, -0.2) is 32.7 Å². The third-order valence-electron chi connectivity index (χ3n) is 4.56. The molecule has 0 aliphatic carbocycles. The molecule has 2 aromatic carbocycles. The van der Waals surface area contributed by atoms with Crippen molar-refractivity contribution >= 4 is 28.8 Å². The highest BCUT2D eigenvalue weighted by molar-refractivity contribution is 7.99. The quantitative estimate of drug-likeness (QED) is 0.454. The van der Waals surface area contributed by atoms with Crippen LogP contribution in [0, 0.1) is 0 Å². The molecule has 6 heteroatoms. The number of carbonyl (C=O) groups is 1. The number of hydrogen-bond acceptors (Lipinski definition) is 4. The van der Waals surface area contributed by atoms with Crippen LogP contribution in [0.4, 0.5) is 0 Å². The summed E-state index contributed by atoms with van der Waals surface area (Å²) >= 11 is 1.45. The van der Waals surface area contributed by atoms with Gasteiger partial charge in [0.1, 0.15) is 5.52 Å². The van der Waals surface area contributed by atoms with Gasteiger partial charge < -0.3 is 5.32 Å². The first-order chi connectivity index (χ1) is 14.3. The van der Waals surface area contributed by atoms with E-state index in [1.165, 1.54) is 22.9 Å². The van der Waals surface area contributed by atoms with Crippen LogP contribution in [0.15, 0.2) is 84.1 Å². The summed E-state index contributed by atoms with van der Waals surface area (Å²) < 4.78 is 2.08. The molecule has 0 aliphatic heterocycles. The Morgan fingerprint density at radius 2 is 1.66 bits per heavy atom. The van der Waals surface area contributed by atoms with E-state index in [0.29, 0.717) is 18.8 Å². The summed E-state index contributed by atoms with van der Waals surface area (Å²) in [5, 5.41) is 3.80. The Bertz CT molecular complexity index is 1080. The van der Waals surface area contributed by atoms with Crippen molar-refractivity contribution < 1.29 is 4.79 Å². The van der Waals surface area contributed by atoms with E-state index >= 15 is 0 Å². The molecule has 0 aliphatic rings. The number of nitrogens with one attached hydrogen (secondary N) is 1. The topological polar surface area (TPSA) is 59.8 Å². The largest absolute Gasteiger partial charge is 0.355 e. The minimum atomic E-state index is 0.0113. The lowest BCUT2D eigenvalue weighted by Crippen LogP contribution is -2.27. The molecule has 146 valence electrons. The summed E-state index contributed by atoms with van der Waals surface area (Å²) in [7, 11) is 0. The Hall–Kier alpha value is -3.12. The minimum Gasteiger partial charge on any atom is -0.355 e. The van der Waals surface area contributed by atoms with Gasteiger partial charge in [0, 0.05) is 12.7 Å². The molecule has 0 fully saturated rings. The standard InChI is InChI=1S/C23H22N4OS/c28-21(24-15-13-18-8-3-1-4-9-18)17-29-23-26-20-12-7-14-25-22(20)27(23)16-19-10-5-2-6-11-19/h1-12,14H,13,15-17H2,(H,24,28). The molecule has 0 unspecified atom stereocenters. The van der Waals surface area contributed by atoms with Gasteiger partial charge in [-0.05, 0) is 29.7 Å². The molecule has 0 radical (unpaired) electrons. The molecule has 0 saturated carbocycles. The van der Waals surface area contributed by atoms with Gasteiger partial charge in [-0.1, -0.05) is 72.4 Å². The van der Waals surface area contributed by atoms with Gasteiger partial charge in [0.25, 0.3) is 0 Å². The van der Waals surface area contributed by atoms with Gasteiger partial charge in [-0.15, -0.1) is 0 Å². The first kappa shape index (κ1) is 19.2. The fourth-order valence-corrected chi connectivity index (χ4v) is 3.96.